The molecule has 3 heterocycles. The number of hydrogen-bond acceptors (Lipinski definition) is 5. The lowest BCUT2D eigenvalue weighted by molar-refractivity contribution is -0.150. The first-order chi connectivity index (χ1) is 12.6. The van der Waals surface area contributed by atoms with E-state index in [-0.39, 0.29) is 41.3 Å². The number of amides is 1. The summed E-state index contributed by atoms with van der Waals surface area (Å²) < 4.78 is 5.16. The van der Waals surface area contributed by atoms with Crippen LogP contribution < -0.4 is 4.90 Å². The van der Waals surface area contributed by atoms with Crippen LogP contribution >= 0.6 is 0 Å². The van der Waals surface area contributed by atoms with Crippen molar-refractivity contribution >= 4 is 23.9 Å². The van der Waals surface area contributed by atoms with Crippen LogP contribution in [0.15, 0.2) is 24.3 Å². The van der Waals surface area contributed by atoms with Crippen molar-refractivity contribution in [2.45, 2.75) is 43.3 Å². The topological polar surface area (TPSA) is 66.9 Å². The average molecular weight is 354 g/mol. The van der Waals surface area contributed by atoms with Crippen LogP contribution in [0.2, 0.25) is 0 Å². The Labute approximate surface area is 152 Å². The summed E-state index contributed by atoms with van der Waals surface area (Å²) in [7, 11) is 1.39. The molecule has 1 saturated carbocycles. The first kappa shape index (κ1) is 16.0. The lowest BCUT2D eigenvalue weighted by atomic mass is 9.58. The number of ether oxygens (including phenoxy) is 1. The highest BCUT2D eigenvalue weighted by Crippen LogP contribution is 2.64. The maximum Gasteiger partial charge on any atom is 0.311 e. The number of rotatable bonds is 2. The summed E-state index contributed by atoms with van der Waals surface area (Å²) in [5, 5.41) is 0. The maximum atomic E-state index is 12.9. The van der Waals surface area contributed by atoms with Gasteiger partial charge in [0.2, 0.25) is 5.91 Å². The van der Waals surface area contributed by atoms with Gasteiger partial charge < -0.3 is 14.4 Å². The van der Waals surface area contributed by atoms with Crippen LogP contribution in [0, 0.1) is 11.8 Å². The third-order valence-corrected chi connectivity index (χ3v) is 7.32. The number of nitrogens with zero attached hydrogens (tertiary/aromatic N) is 2. The van der Waals surface area contributed by atoms with E-state index in [1.807, 2.05) is 23.1 Å². The summed E-state index contributed by atoms with van der Waals surface area (Å²) in [5.41, 5.74) is 1.76. The predicted molar refractivity (Wildman–Crippen MR) is 93.6 cm³/mol. The zero-order chi connectivity index (χ0) is 18.2. The molecule has 6 atom stereocenters. The van der Waals surface area contributed by atoms with E-state index in [1.165, 1.54) is 7.11 Å². The highest BCUT2D eigenvalue weighted by Gasteiger charge is 2.72. The molecule has 0 N–H and O–H groups in total. The van der Waals surface area contributed by atoms with Crippen LogP contribution in [0.4, 0.5) is 5.69 Å². The van der Waals surface area contributed by atoms with Crippen molar-refractivity contribution in [1.29, 1.82) is 0 Å². The number of methoxy groups -OCH3 is 1. The van der Waals surface area contributed by atoms with E-state index in [0.717, 1.165) is 36.9 Å². The second-order valence-corrected chi connectivity index (χ2v) is 7.97. The zero-order valence-corrected chi connectivity index (χ0v) is 14.9. The SMILES string of the molecule is COC(=O)[C@@H]1[C@H]2C[C@@H]3N(CC[C@@]34c3ccccc3N(C(C)=O)[C@@H]14)[C@@H]2C=O. The number of esters is 1. The van der Waals surface area contributed by atoms with E-state index >= 15 is 0 Å². The second-order valence-electron chi connectivity index (χ2n) is 7.97. The minimum Gasteiger partial charge on any atom is -0.469 e. The van der Waals surface area contributed by atoms with Gasteiger partial charge in [-0.05, 0) is 30.4 Å². The van der Waals surface area contributed by atoms with E-state index in [4.69, 9.17) is 4.74 Å². The lowest BCUT2D eigenvalue weighted by Gasteiger charge is -2.47. The van der Waals surface area contributed by atoms with Crippen LogP contribution in [-0.4, -0.2) is 54.8 Å². The molecule has 4 aliphatic rings. The van der Waals surface area contributed by atoms with Gasteiger partial charge in [-0.25, -0.2) is 0 Å². The number of carbonyl (C=O) groups is 3. The van der Waals surface area contributed by atoms with Gasteiger partial charge in [0.05, 0.1) is 25.1 Å². The molecule has 6 nitrogen and oxygen atoms in total. The molecule has 1 aromatic carbocycles. The molecular formula is C20H22N2O4. The van der Waals surface area contributed by atoms with Crippen molar-refractivity contribution in [2.75, 3.05) is 18.6 Å². The summed E-state index contributed by atoms with van der Waals surface area (Å²) in [5.74, 6) is -0.944. The van der Waals surface area contributed by atoms with Crippen LogP contribution in [0.25, 0.3) is 0 Å². The predicted octanol–water partition coefficient (Wildman–Crippen LogP) is 1.12. The molecule has 0 aromatic heterocycles. The van der Waals surface area contributed by atoms with Crippen LogP contribution in [0.3, 0.4) is 0 Å². The molecule has 1 spiro atoms. The number of anilines is 1. The van der Waals surface area contributed by atoms with Crippen molar-refractivity contribution in [1.82, 2.24) is 4.90 Å². The Bertz CT molecular complexity index is 824. The molecule has 3 fully saturated rings. The van der Waals surface area contributed by atoms with Gasteiger partial charge in [0.15, 0.2) is 0 Å². The molecule has 0 radical (unpaired) electrons. The molecule has 0 unspecified atom stereocenters. The van der Waals surface area contributed by atoms with Crippen LogP contribution in [0.1, 0.15) is 25.3 Å². The maximum absolute atomic E-state index is 12.9. The third kappa shape index (κ3) is 1.60. The zero-order valence-electron chi connectivity index (χ0n) is 14.9. The first-order valence-corrected chi connectivity index (χ1v) is 9.24. The van der Waals surface area contributed by atoms with Gasteiger partial charge in [-0.3, -0.25) is 14.5 Å². The van der Waals surface area contributed by atoms with E-state index < -0.39 is 5.92 Å². The summed E-state index contributed by atoms with van der Waals surface area (Å²) in [4.78, 5) is 41.5. The summed E-state index contributed by atoms with van der Waals surface area (Å²) >= 11 is 0. The van der Waals surface area contributed by atoms with Crippen LogP contribution in [0.5, 0.6) is 0 Å². The third-order valence-electron chi connectivity index (χ3n) is 7.32. The number of para-hydroxylation sites is 1. The van der Waals surface area contributed by atoms with Crippen molar-refractivity contribution in [3.8, 4) is 0 Å². The van der Waals surface area contributed by atoms with E-state index in [1.54, 1.807) is 6.92 Å². The van der Waals surface area contributed by atoms with Gasteiger partial charge in [-0.15, -0.1) is 0 Å². The van der Waals surface area contributed by atoms with Gasteiger partial charge in [0.25, 0.3) is 0 Å². The molecule has 2 saturated heterocycles. The molecule has 6 heteroatoms. The van der Waals surface area contributed by atoms with Crippen molar-refractivity contribution in [3.63, 3.8) is 0 Å². The standard InChI is InChI=1S/C20H22N2O4/c1-11(24)22-14-6-4-3-5-13(14)20-7-8-21-15(10-23)12(9-16(20)21)17(18(20)22)19(25)26-2/h3-6,10,12,15-18H,7-9H2,1-2H3/t12-,15+,16-,17+,18-,20+/m0/s1. The molecule has 3 aliphatic heterocycles. The fourth-order valence-corrected chi connectivity index (χ4v) is 6.61. The highest BCUT2D eigenvalue weighted by molar-refractivity contribution is 5.97. The van der Waals surface area contributed by atoms with Gasteiger partial charge in [0, 0.05) is 30.6 Å². The molecule has 26 heavy (non-hydrogen) atoms. The number of hydrogen-bond donors (Lipinski definition) is 0. The van der Waals surface area contributed by atoms with Crippen molar-refractivity contribution in [2.24, 2.45) is 11.8 Å². The van der Waals surface area contributed by atoms with E-state index in [2.05, 4.69) is 11.0 Å². The first-order valence-electron chi connectivity index (χ1n) is 9.24. The summed E-state index contributed by atoms with van der Waals surface area (Å²) in [6, 6.07) is 7.67. The van der Waals surface area contributed by atoms with E-state index in [0.29, 0.717) is 0 Å². The van der Waals surface area contributed by atoms with Gasteiger partial charge in [-0.2, -0.15) is 0 Å². The largest absolute Gasteiger partial charge is 0.469 e. The average Bonchev–Trinajstić information content (AvgIpc) is 3.26. The number of fused-ring (bicyclic) bond motifs is 2. The number of aldehydes is 1. The van der Waals surface area contributed by atoms with Gasteiger partial charge in [-0.1, -0.05) is 18.2 Å². The lowest BCUT2D eigenvalue weighted by Crippen LogP contribution is -2.61. The highest BCUT2D eigenvalue weighted by atomic mass is 16.5. The molecule has 136 valence electrons. The molecule has 2 bridgehead atoms. The number of benzene rings is 1. The molecule has 1 aliphatic carbocycles. The summed E-state index contributed by atoms with van der Waals surface area (Å²) in [6.07, 6.45) is 2.65. The normalized spacial score (nSPS) is 39.5. The van der Waals surface area contributed by atoms with E-state index in [9.17, 15) is 14.4 Å². The summed E-state index contributed by atoms with van der Waals surface area (Å²) in [6.45, 7) is 2.39. The van der Waals surface area contributed by atoms with Crippen LogP contribution in [-0.2, 0) is 24.5 Å². The Morgan fingerprint density at radius 1 is 1.31 bits per heavy atom. The Morgan fingerprint density at radius 3 is 2.77 bits per heavy atom. The minimum absolute atomic E-state index is 0.0596. The Balaban J connectivity index is 1.79. The molecule has 5 rings (SSSR count). The molecule has 1 amide bonds. The van der Waals surface area contributed by atoms with Gasteiger partial charge in [0.1, 0.15) is 6.29 Å². The molecular weight excluding hydrogens is 332 g/mol. The quantitative estimate of drug-likeness (QED) is 0.588. The fraction of sp³-hybridized carbons (Fsp3) is 0.550. The Hall–Kier alpha value is -2.21. The van der Waals surface area contributed by atoms with Crippen molar-refractivity contribution < 1.29 is 19.1 Å². The fourth-order valence-electron chi connectivity index (χ4n) is 6.61. The minimum atomic E-state index is -0.479. The number of carbonyl (C=O) groups excluding carboxylic acids is 3. The van der Waals surface area contributed by atoms with Crippen molar-refractivity contribution in [3.05, 3.63) is 29.8 Å². The molecule has 1 aromatic rings. The smallest absolute Gasteiger partial charge is 0.311 e. The Morgan fingerprint density at radius 2 is 2.08 bits per heavy atom. The second kappa shape index (κ2) is 5.16. The van der Waals surface area contributed by atoms with Gasteiger partial charge >= 0.3 is 5.97 Å². The monoisotopic (exact) mass is 354 g/mol. The Kier molecular flexibility index (Phi) is 3.18.